The molecule has 2 aromatic carbocycles. The molecule has 126 valence electrons. The van der Waals surface area contributed by atoms with Gasteiger partial charge in [-0.1, -0.05) is 34.1 Å². The molecule has 3 rings (SSSR count). The first-order valence-electron chi connectivity index (χ1n) is 7.17. The van der Waals surface area contributed by atoms with Crippen molar-refractivity contribution in [1.82, 2.24) is 4.98 Å². The maximum Gasteiger partial charge on any atom is 0.323 e. The summed E-state index contributed by atoms with van der Waals surface area (Å²) in [7, 11) is 0. The van der Waals surface area contributed by atoms with Crippen molar-refractivity contribution in [2.24, 2.45) is 0 Å². The molecule has 25 heavy (non-hydrogen) atoms. The minimum atomic E-state index is -1.04. The summed E-state index contributed by atoms with van der Waals surface area (Å²) in [5.41, 5.74) is -1.73. The number of benzene rings is 2. The van der Waals surface area contributed by atoms with E-state index in [1.54, 1.807) is 42.5 Å². The van der Waals surface area contributed by atoms with Gasteiger partial charge >= 0.3 is 6.03 Å². The fourth-order valence-corrected chi connectivity index (χ4v) is 2.69. The molecule has 3 aromatic rings. The predicted octanol–water partition coefficient (Wildman–Crippen LogP) is 3.00. The maximum atomic E-state index is 12.2. The number of carbonyl (C=O) groups is 1. The van der Waals surface area contributed by atoms with E-state index in [0.717, 1.165) is 4.47 Å². The lowest BCUT2D eigenvalue weighted by Gasteiger charge is -2.07. The maximum absolute atomic E-state index is 12.2. The second kappa shape index (κ2) is 6.78. The van der Waals surface area contributed by atoms with Gasteiger partial charge < -0.3 is 20.7 Å². The molecular formula is C17H12BrN3O4. The quantitative estimate of drug-likeness (QED) is 0.494. The summed E-state index contributed by atoms with van der Waals surface area (Å²) in [6, 6.07) is 12.4. The third-order valence-corrected chi connectivity index (χ3v) is 3.91. The number of H-pyrrole nitrogens is 1. The highest BCUT2D eigenvalue weighted by atomic mass is 79.9. The number of aromatic nitrogens is 1. The van der Waals surface area contributed by atoms with Crippen molar-refractivity contribution in [2.45, 2.75) is 0 Å². The number of hydrogen-bond acceptors (Lipinski definition) is 4. The van der Waals surface area contributed by atoms with Gasteiger partial charge in [-0.15, -0.1) is 0 Å². The topological polar surface area (TPSA) is 111 Å². The number of hydrogen-bond donors (Lipinski definition) is 4. The Labute approximate surface area is 149 Å². The summed E-state index contributed by atoms with van der Waals surface area (Å²) in [5, 5.41) is 15.4. The number of para-hydroxylation sites is 1. The molecule has 0 aliphatic heterocycles. The fraction of sp³-hybridized carbons (Fsp3) is 0. The highest BCUT2D eigenvalue weighted by Gasteiger charge is 2.15. The predicted molar refractivity (Wildman–Crippen MR) is 99.3 cm³/mol. The van der Waals surface area contributed by atoms with E-state index in [4.69, 9.17) is 0 Å². The van der Waals surface area contributed by atoms with Crippen LogP contribution in [0.4, 0.5) is 16.2 Å². The lowest BCUT2D eigenvalue weighted by molar-refractivity contribution is 0.262. The molecule has 0 aliphatic rings. The van der Waals surface area contributed by atoms with Crippen molar-refractivity contribution in [2.75, 3.05) is 10.6 Å². The van der Waals surface area contributed by atoms with Crippen LogP contribution in [0.3, 0.4) is 0 Å². The SMILES string of the molecule is O=C(Nc1cccc(Br)c1)Nc1c(O)c2ccccc2[nH]c(=O)c1=O. The molecule has 0 unspecified atom stereocenters. The van der Waals surface area contributed by atoms with Crippen molar-refractivity contribution in [3.8, 4) is 5.75 Å². The molecule has 0 saturated carbocycles. The Morgan fingerprint density at radius 2 is 1.80 bits per heavy atom. The van der Waals surface area contributed by atoms with Crippen molar-refractivity contribution >= 4 is 44.2 Å². The summed E-state index contributed by atoms with van der Waals surface area (Å²) < 4.78 is 0.756. The number of aromatic hydroxyl groups is 1. The van der Waals surface area contributed by atoms with Crippen LogP contribution in [0.2, 0.25) is 0 Å². The van der Waals surface area contributed by atoms with Gasteiger partial charge in [-0.2, -0.15) is 0 Å². The van der Waals surface area contributed by atoms with E-state index in [9.17, 15) is 19.5 Å². The van der Waals surface area contributed by atoms with Crippen LogP contribution in [0.5, 0.6) is 5.75 Å². The van der Waals surface area contributed by atoms with Gasteiger partial charge in [0.25, 0.3) is 11.0 Å². The van der Waals surface area contributed by atoms with Crippen LogP contribution in [0.25, 0.3) is 10.9 Å². The number of aromatic amines is 1. The number of fused-ring (bicyclic) bond motifs is 1. The van der Waals surface area contributed by atoms with Crippen LogP contribution in [-0.2, 0) is 0 Å². The van der Waals surface area contributed by atoms with E-state index in [2.05, 4.69) is 31.5 Å². The number of carbonyl (C=O) groups excluding carboxylic acids is 1. The van der Waals surface area contributed by atoms with Gasteiger partial charge in [0.15, 0.2) is 5.75 Å². The summed E-state index contributed by atoms with van der Waals surface area (Å²) in [4.78, 5) is 38.7. The molecule has 0 fully saturated rings. The minimum absolute atomic E-state index is 0.236. The first-order chi connectivity index (χ1) is 12.0. The van der Waals surface area contributed by atoms with Crippen LogP contribution in [-0.4, -0.2) is 16.1 Å². The van der Waals surface area contributed by atoms with Crippen molar-refractivity contribution in [3.05, 3.63) is 73.6 Å². The second-order valence-corrected chi connectivity index (χ2v) is 6.06. The van der Waals surface area contributed by atoms with Gasteiger partial charge in [0.2, 0.25) is 0 Å². The Morgan fingerprint density at radius 1 is 1.04 bits per heavy atom. The van der Waals surface area contributed by atoms with Crippen LogP contribution >= 0.6 is 15.9 Å². The summed E-state index contributed by atoms with van der Waals surface area (Å²) in [5.74, 6) is -0.483. The molecule has 1 heterocycles. The summed E-state index contributed by atoms with van der Waals surface area (Å²) >= 11 is 3.28. The van der Waals surface area contributed by atoms with Gasteiger partial charge in [0.1, 0.15) is 5.69 Å². The van der Waals surface area contributed by atoms with E-state index in [1.165, 1.54) is 6.07 Å². The van der Waals surface area contributed by atoms with Gasteiger partial charge in [-0.3, -0.25) is 9.59 Å². The molecule has 4 N–H and O–H groups in total. The average molecular weight is 402 g/mol. The smallest absolute Gasteiger partial charge is 0.323 e. The number of amides is 2. The van der Waals surface area contributed by atoms with Gasteiger partial charge in [-0.25, -0.2) is 4.79 Å². The Balaban J connectivity index is 2.02. The summed E-state index contributed by atoms with van der Waals surface area (Å²) in [6.07, 6.45) is 0. The normalized spacial score (nSPS) is 10.4. The minimum Gasteiger partial charge on any atom is -0.505 e. The molecule has 0 aliphatic carbocycles. The highest BCUT2D eigenvalue weighted by molar-refractivity contribution is 9.10. The van der Waals surface area contributed by atoms with Crippen LogP contribution in [0.1, 0.15) is 0 Å². The van der Waals surface area contributed by atoms with Gasteiger partial charge in [0.05, 0.1) is 5.52 Å². The van der Waals surface area contributed by atoms with E-state index >= 15 is 0 Å². The molecule has 2 amide bonds. The lowest BCUT2D eigenvalue weighted by Crippen LogP contribution is -2.30. The van der Waals surface area contributed by atoms with E-state index < -0.39 is 28.5 Å². The van der Waals surface area contributed by atoms with E-state index in [-0.39, 0.29) is 10.9 Å². The first kappa shape index (κ1) is 16.7. The second-order valence-electron chi connectivity index (χ2n) is 5.14. The zero-order valence-corrected chi connectivity index (χ0v) is 14.3. The lowest BCUT2D eigenvalue weighted by atomic mass is 10.2. The average Bonchev–Trinajstić information content (AvgIpc) is 2.66. The molecule has 0 saturated heterocycles. The van der Waals surface area contributed by atoms with Crippen LogP contribution in [0.15, 0.2) is 62.6 Å². The van der Waals surface area contributed by atoms with E-state index in [0.29, 0.717) is 5.69 Å². The number of urea groups is 1. The largest absolute Gasteiger partial charge is 0.505 e. The van der Waals surface area contributed by atoms with E-state index in [1.807, 2.05) is 0 Å². The molecule has 0 radical (unpaired) electrons. The van der Waals surface area contributed by atoms with Gasteiger partial charge in [0, 0.05) is 15.5 Å². The molecule has 0 bridgehead atoms. The molecule has 7 nitrogen and oxygen atoms in total. The fourth-order valence-electron chi connectivity index (χ4n) is 2.29. The molecule has 0 spiro atoms. The Bertz CT molecular complexity index is 1090. The highest BCUT2D eigenvalue weighted by Crippen LogP contribution is 2.26. The third kappa shape index (κ3) is 3.53. The Morgan fingerprint density at radius 3 is 2.56 bits per heavy atom. The van der Waals surface area contributed by atoms with Crippen molar-refractivity contribution in [3.63, 3.8) is 0 Å². The van der Waals surface area contributed by atoms with Gasteiger partial charge in [-0.05, 0) is 30.3 Å². The Kier molecular flexibility index (Phi) is 4.53. The monoisotopic (exact) mass is 401 g/mol. The molecule has 8 heteroatoms. The van der Waals surface area contributed by atoms with Crippen LogP contribution < -0.4 is 21.6 Å². The number of nitrogens with one attached hydrogen (secondary N) is 3. The van der Waals surface area contributed by atoms with Crippen LogP contribution in [0, 0.1) is 0 Å². The number of anilines is 2. The zero-order chi connectivity index (χ0) is 18.0. The third-order valence-electron chi connectivity index (χ3n) is 3.42. The number of rotatable bonds is 2. The molecule has 0 atom stereocenters. The molecule has 1 aromatic heterocycles. The summed E-state index contributed by atoms with van der Waals surface area (Å²) in [6.45, 7) is 0. The van der Waals surface area contributed by atoms with Crippen molar-refractivity contribution < 1.29 is 9.90 Å². The first-order valence-corrected chi connectivity index (χ1v) is 7.97. The van der Waals surface area contributed by atoms with Crippen molar-refractivity contribution in [1.29, 1.82) is 0 Å². The Hall–Kier alpha value is -3.13. The standard InChI is InChI=1S/C17H12BrN3O4/c18-9-4-3-5-10(8-9)19-17(25)21-13-14(22)11-6-1-2-7-12(11)20-16(24)15(13)23/h1-8H,(H4,19,20,21,22,23,24,25). The number of halogens is 1. The molecular weight excluding hydrogens is 390 g/mol. The zero-order valence-electron chi connectivity index (χ0n) is 12.7.